The molecule has 4 nitrogen and oxygen atoms in total. The van der Waals surface area contributed by atoms with Crippen LogP contribution in [0.25, 0.3) is 0 Å². The standard InChI is InChI=1S/C11H13FN4/c12-9-3-1-2-8(6-9)7-11-14-10(4-5-13)15-16-11/h1-3,6H,4-5,7,13H2,(H,14,15,16). The van der Waals surface area contributed by atoms with Crippen molar-refractivity contribution in [2.45, 2.75) is 12.8 Å². The molecule has 0 aliphatic carbocycles. The van der Waals surface area contributed by atoms with E-state index in [4.69, 9.17) is 5.73 Å². The van der Waals surface area contributed by atoms with Gasteiger partial charge in [-0.25, -0.2) is 9.37 Å². The summed E-state index contributed by atoms with van der Waals surface area (Å²) in [5.74, 6) is 1.20. The van der Waals surface area contributed by atoms with E-state index in [0.29, 0.717) is 25.2 Å². The van der Waals surface area contributed by atoms with Crippen LogP contribution in [0.15, 0.2) is 24.3 Å². The third kappa shape index (κ3) is 2.64. The molecule has 0 unspecified atom stereocenters. The lowest BCUT2D eigenvalue weighted by atomic mass is 10.1. The summed E-state index contributed by atoms with van der Waals surface area (Å²) in [5, 5.41) is 6.83. The lowest BCUT2D eigenvalue weighted by Crippen LogP contribution is -2.04. The van der Waals surface area contributed by atoms with E-state index < -0.39 is 0 Å². The number of H-pyrrole nitrogens is 1. The summed E-state index contributed by atoms with van der Waals surface area (Å²) in [6.07, 6.45) is 1.20. The van der Waals surface area contributed by atoms with Crippen molar-refractivity contribution < 1.29 is 4.39 Å². The Morgan fingerprint density at radius 2 is 2.25 bits per heavy atom. The highest BCUT2D eigenvalue weighted by Gasteiger charge is 2.03. The van der Waals surface area contributed by atoms with Crippen molar-refractivity contribution in [3.63, 3.8) is 0 Å². The molecular formula is C11H13FN4. The molecule has 0 saturated heterocycles. The number of rotatable bonds is 4. The van der Waals surface area contributed by atoms with Gasteiger partial charge in [0.1, 0.15) is 11.6 Å². The summed E-state index contributed by atoms with van der Waals surface area (Å²) in [7, 11) is 0. The Balaban J connectivity index is 2.08. The number of benzene rings is 1. The molecule has 2 rings (SSSR count). The summed E-state index contributed by atoms with van der Waals surface area (Å²) in [6, 6.07) is 6.45. The molecule has 0 fully saturated rings. The van der Waals surface area contributed by atoms with Crippen molar-refractivity contribution >= 4 is 0 Å². The fourth-order valence-electron chi connectivity index (χ4n) is 1.50. The molecule has 2 aromatic rings. The van der Waals surface area contributed by atoms with Crippen LogP contribution in [0, 0.1) is 5.82 Å². The first-order chi connectivity index (χ1) is 7.78. The van der Waals surface area contributed by atoms with Gasteiger partial charge in [0.25, 0.3) is 0 Å². The van der Waals surface area contributed by atoms with E-state index in [2.05, 4.69) is 15.2 Å². The number of halogens is 1. The van der Waals surface area contributed by atoms with Crippen molar-refractivity contribution in [3.05, 3.63) is 47.3 Å². The number of nitrogens with one attached hydrogen (secondary N) is 1. The van der Waals surface area contributed by atoms with Crippen LogP contribution in [0.3, 0.4) is 0 Å². The minimum absolute atomic E-state index is 0.237. The smallest absolute Gasteiger partial charge is 0.151 e. The highest BCUT2D eigenvalue weighted by molar-refractivity contribution is 5.19. The van der Waals surface area contributed by atoms with Gasteiger partial charge in [-0.3, -0.25) is 5.10 Å². The van der Waals surface area contributed by atoms with Gasteiger partial charge in [-0.1, -0.05) is 12.1 Å². The minimum Gasteiger partial charge on any atom is -0.330 e. The number of aromatic amines is 1. The molecule has 16 heavy (non-hydrogen) atoms. The predicted molar refractivity (Wildman–Crippen MR) is 58.3 cm³/mol. The van der Waals surface area contributed by atoms with E-state index in [1.807, 2.05) is 6.07 Å². The first-order valence-corrected chi connectivity index (χ1v) is 5.12. The van der Waals surface area contributed by atoms with Gasteiger partial charge >= 0.3 is 0 Å². The highest BCUT2D eigenvalue weighted by Crippen LogP contribution is 2.07. The second-order valence-electron chi connectivity index (χ2n) is 3.54. The van der Waals surface area contributed by atoms with Crippen LogP contribution in [0.4, 0.5) is 4.39 Å². The SMILES string of the molecule is NCCc1n[nH]c(Cc2cccc(F)c2)n1. The molecule has 0 radical (unpaired) electrons. The van der Waals surface area contributed by atoms with E-state index in [9.17, 15) is 4.39 Å². The summed E-state index contributed by atoms with van der Waals surface area (Å²) >= 11 is 0. The summed E-state index contributed by atoms with van der Waals surface area (Å²) in [6.45, 7) is 0.525. The maximum atomic E-state index is 12.9. The van der Waals surface area contributed by atoms with Crippen molar-refractivity contribution in [3.8, 4) is 0 Å². The molecule has 0 atom stereocenters. The number of hydrogen-bond donors (Lipinski definition) is 2. The Morgan fingerprint density at radius 3 is 3.00 bits per heavy atom. The lowest BCUT2D eigenvalue weighted by molar-refractivity contribution is 0.626. The Labute approximate surface area is 92.7 Å². The molecule has 0 bridgehead atoms. The van der Waals surface area contributed by atoms with Crippen LogP contribution in [0.1, 0.15) is 17.2 Å². The molecule has 1 aromatic carbocycles. The normalized spacial score (nSPS) is 10.6. The molecule has 0 amide bonds. The topological polar surface area (TPSA) is 67.6 Å². The molecule has 0 spiro atoms. The molecule has 0 saturated carbocycles. The van der Waals surface area contributed by atoms with E-state index in [1.165, 1.54) is 12.1 Å². The summed E-state index contributed by atoms with van der Waals surface area (Å²) in [5.41, 5.74) is 6.27. The van der Waals surface area contributed by atoms with Crippen LogP contribution in [-0.4, -0.2) is 21.7 Å². The fraction of sp³-hybridized carbons (Fsp3) is 0.273. The van der Waals surface area contributed by atoms with Gasteiger partial charge in [-0.05, 0) is 24.2 Å². The Bertz CT molecular complexity index is 467. The third-order valence-electron chi connectivity index (χ3n) is 2.21. The zero-order chi connectivity index (χ0) is 11.4. The van der Waals surface area contributed by atoms with Gasteiger partial charge in [0.05, 0.1) is 0 Å². The molecule has 0 aliphatic rings. The molecule has 0 aliphatic heterocycles. The van der Waals surface area contributed by atoms with Crippen molar-refractivity contribution in [2.24, 2.45) is 5.73 Å². The van der Waals surface area contributed by atoms with E-state index in [-0.39, 0.29) is 5.82 Å². The van der Waals surface area contributed by atoms with Gasteiger partial charge < -0.3 is 5.73 Å². The summed E-state index contributed by atoms with van der Waals surface area (Å²) in [4.78, 5) is 4.26. The van der Waals surface area contributed by atoms with Gasteiger partial charge in [0.15, 0.2) is 5.82 Å². The van der Waals surface area contributed by atoms with Crippen LogP contribution in [0.2, 0.25) is 0 Å². The number of nitrogens with zero attached hydrogens (tertiary/aromatic N) is 2. The Morgan fingerprint density at radius 1 is 1.38 bits per heavy atom. The van der Waals surface area contributed by atoms with Crippen LogP contribution >= 0.6 is 0 Å². The fourth-order valence-corrected chi connectivity index (χ4v) is 1.50. The third-order valence-corrected chi connectivity index (χ3v) is 2.21. The molecule has 1 heterocycles. The first kappa shape index (κ1) is 10.8. The Hall–Kier alpha value is -1.75. The largest absolute Gasteiger partial charge is 0.330 e. The minimum atomic E-state index is -0.237. The highest BCUT2D eigenvalue weighted by atomic mass is 19.1. The monoisotopic (exact) mass is 220 g/mol. The van der Waals surface area contributed by atoms with Crippen LogP contribution in [0.5, 0.6) is 0 Å². The molecule has 1 aromatic heterocycles. The van der Waals surface area contributed by atoms with Crippen LogP contribution < -0.4 is 5.73 Å². The van der Waals surface area contributed by atoms with Gasteiger partial charge in [0, 0.05) is 12.8 Å². The molecule has 5 heteroatoms. The molecular weight excluding hydrogens is 207 g/mol. The Kier molecular flexibility index (Phi) is 3.26. The zero-order valence-corrected chi connectivity index (χ0v) is 8.78. The zero-order valence-electron chi connectivity index (χ0n) is 8.78. The predicted octanol–water partition coefficient (Wildman–Crippen LogP) is 1.04. The quantitative estimate of drug-likeness (QED) is 0.808. The second-order valence-corrected chi connectivity index (χ2v) is 3.54. The molecule has 3 N–H and O–H groups in total. The average Bonchev–Trinajstić information content (AvgIpc) is 2.66. The first-order valence-electron chi connectivity index (χ1n) is 5.12. The van der Waals surface area contributed by atoms with Gasteiger partial charge in [0.2, 0.25) is 0 Å². The lowest BCUT2D eigenvalue weighted by Gasteiger charge is -1.97. The molecule has 84 valence electrons. The van der Waals surface area contributed by atoms with Crippen molar-refractivity contribution in [1.82, 2.24) is 15.2 Å². The van der Waals surface area contributed by atoms with E-state index in [0.717, 1.165) is 11.4 Å². The number of nitrogens with two attached hydrogens (primary N) is 1. The van der Waals surface area contributed by atoms with Crippen LogP contribution in [-0.2, 0) is 12.8 Å². The number of hydrogen-bond acceptors (Lipinski definition) is 3. The van der Waals surface area contributed by atoms with E-state index >= 15 is 0 Å². The maximum Gasteiger partial charge on any atom is 0.151 e. The maximum absolute atomic E-state index is 12.9. The van der Waals surface area contributed by atoms with E-state index in [1.54, 1.807) is 6.07 Å². The average molecular weight is 220 g/mol. The van der Waals surface area contributed by atoms with Crippen molar-refractivity contribution in [2.75, 3.05) is 6.54 Å². The van der Waals surface area contributed by atoms with Gasteiger partial charge in [-0.15, -0.1) is 0 Å². The second kappa shape index (κ2) is 4.85. The van der Waals surface area contributed by atoms with Crippen molar-refractivity contribution in [1.29, 1.82) is 0 Å². The number of aromatic nitrogens is 3. The van der Waals surface area contributed by atoms with Gasteiger partial charge in [-0.2, -0.15) is 5.10 Å². The summed E-state index contributed by atoms with van der Waals surface area (Å²) < 4.78 is 12.9.